The summed E-state index contributed by atoms with van der Waals surface area (Å²) in [6.45, 7) is 9.37. The van der Waals surface area contributed by atoms with Gasteiger partial charge in [0.2, 0.25) is 0 Å². The number of ether oxygens (including phenoxy) is 1. The molecular weight excluding hydrogens is 244 g/mol. The second kappa shape index (κ2) is 5.28. The summed E-state index contributed by atoms with van der Waals surface area (Å²) in [6.07, 6.45) is 2.02. The van der Waals surface area contributed by atoms with Gasteiger partial charge in [0.05, 0.1) is 11.7 Å². The lowest BCUT2D eigenvalue weighted by molar-refractivity contribution is 0.00618. The average Bonchev–Trinajstić information content (AvgIpc) is 2.70. The SMILES string of the molecule is Cc1c(C(=O)OC(C)(C)C)nnn1C1CCNCC1. The van der Waals surface area contributed by atoms with Crippen LogP contribution in [-0.2, 0) is 4.74 Å². The third-order valence-corrected chi connectivity index (χ3v) is 3.17. The van der Waals surface area contributed by atoms with E-state index in [4.69, 9.17) is 4.74 Å². The Morgan fingerprint density at radius 3 is 2.58 bits per heavy atom. The fourth-order valence-electron chi connectivity index (χ4n) is 2.25. The van der Waals surface area contributed by atoms with Crippen molar-refractivity contribution in [1.29, 1.82) is 0 Å². The molecular formula is C13H22N4O2. The van der Waals surface area contributed by atoms with E-state index in [0.29, 0.717) is 11.7 Å². The molecule has 1 saturated heterocycles. The Bertz CT molecular complexity index is 456. The Kier molecular flexibility index (Phi) is 3.89. The first-order valence-electron chi connectivity index (χ1n) is 6.74. The molecule has 6 nitrogen and oxygen atoms in total. The summed E-state index contributed by atoms with van der Waals surface area (Å²) in [6, 6.07) is 0.324. The average molecular weight is 266 g/mol. The first-order chi connectivity index (χ1) is 8.88. The van der Waals surface area contributed by atoms with Gasteiger partial charge in [-0.15, -0.1) is 5.10 Å². The molecule has 1 aromatic rings. The maximum atomic E-state index is 12.0. The van der Waals surface area contributed by atoms with E-state index in [9.17, 15) is 4.79 Å². The van der Waals surface area contributed by atoms with Crippen LogP contribution >= 0.6 is 0 Å². The topological polar surface area (TPSA) is 69.0 Å². The highest BCUT2D eigenvalue weighted by molar-refractivity contribution is 5.88. The molecule has 1 N–H and O–H groups in total. The molecule has 106 valence electrons. The second-order valence-corrected chi connectivity index (χ2v) is 5.95. The zero-order chi connectivity index (χ0) is 14.0. The number of piperidine rings is 1. The first-order valence-corrected chi connectivity index (χ1v) is 6.74. The number of rotatable bonds is 2. The molecule has 0 bridgehead atoms. The number of nitrogens with one attached hydrogen (secondary N) is 1. The summed E-state index contributed by atoms with van der Waals surface area (Å²) < 4.78 is 7.20. The van der Waals surface area contributed by atoms with Gasteiger partial charge in [0.1, 0.15) is 5.60 Å². The Morgan fingerprint density at radius 2 is 2.00 bits per heavy atom. The van der Waals surface area contributed by atoms with E-state index in [-0.39, 0.29) is 0 Å². The summed E-state index contributed by atoms with van der Waals surface area (Å²) in [5, 5.41) is 11.4. The molecule has 2 rings (SSSR count). The number of hydrogen-bond acceptors (Lipinski definition) is 5. The molecule has 0 aromatic carbocycles. The minimum Gasteiger partial charge on any atom is -0.455 e. The maximum Gasteiger partial charge on any atom is 0.361 e. The normalized spacial score (nSPS) is 17.5. The number of aromatic nitrogens is 3. The minimum atomic E-state index is -0.512. The zero-order valence-corrected chi connectivity index (χ0v) is 12.1. The molecule has 1 aliphatic rings. The number of carbonyl (C=O) groups is 1. The molecule has 2 heterocycles. The summed E-state index contributed by atoms with van der Waals surface area (Å²) >= 11 is 0. The monoisotopic (exact) mass is 266 g/mol. The van der Waals surface area contributed by atoms with Crippen molar-refractivity contribution in [3.05, 3.63) is 11.4 Å². The lowest BCUT2D eigenvalue weighted by Gasteiger charge is -2.23. The molecule has 0 unspecified atom stereocenters. The molecule has 6 heteroatoms. The molecule has 0 atom stereocenters. The fourth-order valence-corrected chi connectivity index (χ4v) is 2.25. The van der Waals surface area contributed by atoms with Crippen LogP contribution in [-0.4, -0.2) is 39.7 Å². The molecule has 19 heavy (non-hydrogen) atoms. The Hall–Kier alpha value is -1.43. The molecule has 0 saturated carbocycles. The highest BCUT2D eigenvalue weighted by Crippen LogP contribution is 2.21. The molecule has 1 fully saturated rings. The van der Waals surface area contributed by atoms with E-state index in [1.54, 1.807) is 0 Å². The van der Waals surface area contributed by atoms with Crippen molar-refractivity contribution in [1.82, 2.24) is 20.3 Å². The lowest BCUT2D eigenvalue weighted by Crippen LogP contribution is -2.30. The minimum absolute atomic E-state index is 0.324. The van der Waals surface area contributed by atoms with Crippen LogP contribution in [0.2, 0.25) is 0 Å². The second-order valence-electron chi connectivity index (χ2n) is 5.95. The largest absolute Gasteiger partial charge is 0.455 e. The molecule has 1 aliphatic heterocycles. The molecule has 0 radical (unpaired) electrons. The van der Waals surface area contributed by atoms with Crippen molar-refractivity contribution >= 4 is 5.97 Å². The van der Waals surface area contributed by atoms with Gasteiger partial charge in [-0.3, -0.25) is 0 Å². The van der Waals surface area contributed by atoms with Crippen LogP contribution in [0.4, 0.5) is 0 Å². The summed E-state index contributed by atoms with van der Waals surface area (Å²) in [5.41, 5.74) is 0.608. The van der Waals surface area contributed by atoms with Gasteiger partial charge in [-0.1, -0.05) is 5.21 Å². The molecule has 0 amide bonds. The van der Waals surface area contributed by atoms with Crippen molar-refractivity contribution in [3.63, 3.8) is 0 Å². The lowest BCUT2D eigenvalue weighted by atomic mass is 10.1. The molecule has 0 spiro atoms. The zero-order valence-electron chi connectivity index (χ0n) is 12.1. The number of carbonyl (C=O) groups excluding carboxylic acids is 1. The van der Waals surface area contributed by atoms with Crippen LogP contribution < -0.4 is 5.32 Å². The van der Waals surface area contributed by atoms with Crippen LogP contribution in [0.5, 0.6) is 0 Å². The number of nitrogens with zero attached hydrogens (tertiary/aromatic N) is 3. The quantitative estimate of drug-likeness (QED) is 0.821. The maximum absolute atomic E-state index is 12.0. The van der Waals surface area contributed by atoms with Gasteiger partial charge in [0.25, 0.3) is 0 Å². The fraction of sp³-hybridized carbons (Fsp3) is 0.769. The highest BCUT2D eigenvalue weighted by Gasteiger charge is 2.26. The van der Waals surface area contributed by atoms with Crippen LogP contribution in [0.15, 0.2) is 0 Å². The highest BCUT2D eigenvalue weighted by atomic mass is 16.6. The summed E-state index contributed by atoms with van der Waals surface area (Å²) in [5.74, 6) is -0.398. The van der Waals surface area contributed by atoms with Gasteiger partial charge >= 0.3 is 5.97 Å². The van der Waals surface area contributed by atoms with Gasteiger partial charge in [0, 0.05) is 0 Å². The smallest absolute Gasteiger partial charge is 0.361 e. The number of hydrogen-bond donors (Lipinski definition) is 1. The van der Waals surface area contributed by atoms with E-state index in [0.717, 1.165) is 31.6 Å². The van der Waals surface area contributed by atoms with Gasteiger partial charge in [-0.25, -0.2) is 9.48 Å². The van der Waals surface area contributed by atoms with Crippen molar-refractivity contribution < 1.29 is 9.53 Å². The van der Waals surface area contributed by atoms with Crippen molar-refractivity contribution in [2.45, 2.75) is 52.2 Å². The van der Waals surface area contributed by atoms with Crippen molar-refractivity contribution in [2.75, 3.05) is 13.1 Å². The van der Waals surface area contributed by atoms with Gasteiger partial charge in [-0.05, 0) is 53.6 Å². The van der Waals surface area contributed by atoms with Crippen LogP contribution in [0.1, 0.15) is 55.8 Å². The van der Waals surface area contributed by atoms with E-state index in [1.807, 2.05) is 32.4 Å². The molecule has 1 aromatic heterocycles. The van der Waals surface area contributed by atoms with E-state index in [2.05, 4.69) is 15.6 Å². The van der Waals surface area contributed by atoms with E-state index in [1.165, 1.54) is 0 Å². The van der Waals surface area contributed by atoms with Gasteiger partial charge in [0.15, 0.2) is 5.69 Å². The van der Waals surface area contributed by atoms with Gasteiger partial charge in [-0.2, -0.15) is 0 Å². The Balaban J connectivity index is 2.15. The Morgan fingerprint density at radius 1 is 1.37 bits per heavy atom. The number of esters is 1. The predicted octanol–water partition coefficient (Wildman–Crippen LogP) is 1.47. The van der Waals surface area contributed by atoms with Crippen molar-refractivity contribution in [3.8, 4) is 0 Å². The standard InChI is InChI=1S/C13H22N4O2/c1-9-11(12(18)19-13(2,3)4)15-16-17(9)10-5-7-14-8-6-10/h10,14H,5-8H2,1-4H3. The van der Waals surface area contributed by atoms with Gasteiger partial charge < -0.3 is 10.1 Å². The van der Waals surface area contributed by atoms with Crippen LogP contribution in [0.3, 0.4) is 0 Å². The van der Waals surface area contributed by atoms with E-state index >= 15 is 0 Å². The third kappa shape index (κ3) is 3.32. The Labute approximate surface area is 113 Å². The predicted molar refractivity (Wildman–Crippen MR) is 71.1 cm³/mol. The summed E-state index contributed by atoms with van der Waals surface area (Å²) in [7, 11) is 0. The van der Waals surface area contributed by atoms with E-state index < -0.39 is 11.6 Å². The van der Waals surface area contributed by atoms with Crippen molar-refractivity contribution in [2.24, 2.45) is 0 Å². The summed E-state index contributed by atoms with van der Waals surface area (Å²) in [4.78, 5) is 12.0. The van der Waals surface area contributed by atoms with Crippen LogP contribution in [0.25, 0.3) is 0 Å². The third-order valence-electron chi connectivity index (χ3n) is 3.17. The molecule has 0 aliphatic carbocycles. The first kappa shape index (κ1) is 14.0. The van der Waals surface area contributed by atoms with Crippen LogP contribution in [0, 0.1) is 6.92 Å².